The van der Waals surface area contributed by atoms with Gasteiger partial charge in [0, 0.05) is 12.1 Å². The molecule has 0 bridgehead atoms. The zero-order chi connectivity index (χ0) is 21.3. The van der Waals surface area contributed by atoms with Crippen molar-refractivity contribution in [2.24, 2.45) is 0 Å². The van der Waals surface area contributed by atoms with E-state index in [2.05, 4.69) is 17.2 Å². The number of pyridine rings is 1. The molecule has 0 aliphatic rings. The number of hydrogen-bond donors (Lipinski definition) is 3. The summed E-state index contributed by atoms with van der Waals surface area (Å²) in [6.07, 6.45) is 14.0. The van der Waals surface area contributed by atoms with Gasteiger partial charge in [-0.1, -0.05) is 77.7 Å². The molecule has 0 aromatic carbocycles. The van der Waals surface area contributed by atoms with Gasteiger partial charge in [0.1, 0.15) is 6.10 Å². The molecule has 0 spiro atoms. The van der Waals surface area contributed by atoms with Crippen LogP contribution in [-0.2, 0) is 11.2 Å². The Hall–Kier alpha value is -1.46. The van der Waals surface area contributed by atoms with Crippen LogP contribution in [0.3, 0.4) is 0 Å². The van der Waals surface area contributed by atoms with E-state index in [0.717, 1.165) is 25.0 Å². The van der Waals surface area contributed by atoms with Gasteiger partial charge in [0.25, 0.3) is 0 Å². The predicted octanol–water partition coefficient (Wildman–Crippen LogP) is 4.86. The van der Waals surface area contributed by atoms with E-state index in [1.807, 2.05) is 19.1 Å². The van der Waals surface area contributed by atoms with Crippen molar-refractivity contribution >= 4 is 5.91 Å². The van der Waals surface area contributed by atoms with Crippen LogP contribution in [0.5, 0.6) is 0 Å². The molecule has 2 atom stereocenters. The lowest BCUT2D eigenvalue weighted by molar-refractivity contribution is -0.123. The highest BCUT2D eigenvalue weighted by Gasteiger charge is 2.23. The third kappa shape index (κ3) is 11.3. The van der Waals surface area contributed by atoms with Crippen LogP contribution in [0, 0.1) is 0 Å². The molecule has 0 saturated carbocycles. The van der Waals surface area contributed by atoms with Crippen molar-refractivity contribution in [2.45, 2.75) is 109 Å². The van der Waals surface area contributed by atoms with Gasteiger partial charge < -0.3 is 15.5 Å². The van der Waals surface area contributed by atoms with Crippen LogP contribution < -0.4 is 5.32 Å². The van der Waals surface area contributed by atoms with E-state index in [4.69, 9.17) is 0 Å². The quantitative estimate of drug-likeness (QED) is 0.323. The normalized spacial score (nSPS) is 13.2. The van der Waals surface area contributed by atoms with Gasteiger partial charge in [-0.25, -0.2) is 0 Å². The third-order valence-electron chi connectivity index (χ3n) is 5.32. The van der Waals surface area contributed by atoms with Crippen molar-refractivity contribution in [1.29, 1.82) is 0 Å². The van der Waals surface area contributed by atoms with Gasteiger partial charge in [0.2, 0.25) is 5.91 Å². The molecule has 0 fully saturated rings. The Morgan fingerprint density at radius 2 is 1.59 bits per heavy atom. The van der Waals surface area contributed by atoms with E-state index in [9.17, 15) is 15.0 Å². The Labute approximate surface area is 177 Å². The summed E-state index contributed by atoms with van der Waals surface area (Å²) < 4.78 is 0. The molecule has 1 rings (SSSR count). The van der Waals surface area contributed by atoms with Crippen LogP contribution in [0.25, 0.3) is 0 Å². The minimum absolute atomic E-state index is 0.160. The lowest BCUT2D eigenvalue weighted by Gasteiger charge is -2.22. The smallest absolute Gasteiger partial charge is 0.220 e. The number of aryl methyl sites for hydroxylation is 1. The summed E-state index contributed by atoms with van der Waals surface area (Å²) in [6, 6.07) is 4.89. The summed E-state index contributed by atoms with van der Waals surface area (Å²) >= 11 is 0. The summed E-state index contributed by atoms with van der Waals surface area (Å²) in [5, 5.41) is 22.8. The second-order valence-electron chi connectivity index (χ2n) is 8.04. The fourth-order valence-corrected chi connectivity index (χ4v) is 3.53. The molecule has 0 unspecified atom stereocenters. The van der Waals surface area contributed by atoms with E-state index in [0.29, 0.717) is 12.1 Å². The van der Waals surface area contributed by atoms with Crippen molar-refractivity contribution in [3.05, 3.63) is 29.6 Å². The van der Waals surface area contributed by atoms with Gasteiger partial charge in [0.05, 0.1) is 18.3 Å². The number of unbranched alkanes of at least 4 members (excludes halogenated alkanes) is 9. The SMILES string of the molecule is CCCCCCCCCCCCc1cccc([C@@H](O)[C@H](CO)NC(=O)CCC)n1. The standard InChI is InChI=1S/C24H42N2O3/c1-3-5-6-7-8-9-10-11-12-13-16-20-17-14-18-21(25-20)24(29)22(19-27)26-23(28)15-4-2/h14,17-18,22,24,27,29H,3-13,15-16,19H2,1-2H3,(H,26,28)/t22-,24+/m0/s1. The number of aliphatic hydroxyl groups excluding tert-OH is 2. The molecule has 5 heteroatoms. The van der Waals surface area contributed by atoms with Crippen LogP contribution in [0.15, 0.2) is 18.2 Å². The number of nitrogens with zero attached hydrogens (tertiary/aromatic N) is 1. The van der Waals surface area contributed by atoms with E-state index in [-0.39, 0.29) is 12.5 Å². The summed E-state index contributed by atoms with van der Waals surface area (Å²) in [7, 11) is 0. The van der Waals surface area contributed by atoms with Crippen molar-refractivity contribution in [2.75, 3.05) is 6.61 Å². The first kappa shape index (κ1) is 25.6. The first-order chi connectivity index (χ1) is 14.1. The number of aliphatic hydroxyl groups is 2. The van der Waals surface area contributed by atoms with Crippen molar-refractivity contribution in [3.8, 4) is 0 Å². The van der Waals surface area contributed by atoms with E-state index >= 15 is 0 Å². The predicted molar refractivity (Wildman–Crippen MR) is 119 cm³/mol. The Morgan fingerprint density at radius 1 is 0.966 bits per heavy atom. The average Bonchev–Trinajstić information content (AvgIpc) is 2.73. The molecular formula is C24H42N2O3. The first-order valence-corrected chi connectivity index (χ1v) is 11.7. The maximum atomic E-state index is 11.8. The van der Waals surface area contributed by atoms with Crippen LogP contribution in [-0.4, -0.2) is 33.8 Å². The Bertz CT molecular complexity index is 551. The highest BCUT2D eigenvalue weighted by molar-refractivity contribution is 5.76. The summed E-state index contributed by atoms with van der Waals surface area (Å²) in [6.45, 7) is 3.85. The molecule has 29 heavy (non-hydrogen) atoms. The largest absolute Gasteiger partial charge is 0.394 e. The van der Waals surface area contributed by atoms with E-state index in [1.165, 1.54) is 57.8 Å². The second-order valence-corrected chi connectivity index (χ2v) is 8.04. The minimum Gasteiger partial charge on any atom is -0.394 e. The minimum atomic E-state index is -1.01. The molecule has 1 aromatic heterocycles. The zero-order valence-corrected chi connectivity index (χ0v) is 18.5. The van der Waals surface area contributed by atoms with Crippen molar-refractivity contribution in [3.63, 3.8) is 0 Å². The molecule has 0 aliphatic carbocycles. The number of carbonyl (C=O) groups is 1. The van der Waals surface area contributed by atoms with Gasteiger partial charge in [-0.3, -0.25) is 9.78 Å². The van der Waals surface area contributed by atoms with Crippen molar-refractivity contribution < 1.29 is 15.0 Å². The molecule has 3 N–H and O–H groups in total. The lowest BCUT2D eigenvalue weighted by atomic mass is 10.0. The van der Waals surface area contributed by atoms with Gasteiger partial charge in [-0.2, -0.15) is 0 Å². The number of nitrogens with one attached hydrogen (secondary N) is 1. The number of hydrogen-bond acceptors (Lipinski definition) is 4. The fourth-order valence-electron chi connectivity index (χ4n) is 3.53. The molecule has 0 radical (unpaired) electrons. The molecule has 166 valence electrons. The monoisotopic (exact) mass is 406 g/mol. The highest BCUT2D eigenvalue weighted by atomic mass is 16.3. The number of aromatic nitrogens is 1. The van der Waals surface area contributed by atoms with E-state index < -0.39 is 12.1 Å². The summed E-state index contributed by atoms with van der Waals surface area (Å²) in [5.41, 5.74) is 1.46. The molecule has 5 nitrogen and oxygen atoms in total. The van der Waals surface area contributed by atoms with Gasteiger partial charge in [0.15, 0.2) is 0 Å². The van der Waals surface area contributed by atoms with Gasteiger partial charge in [-0.15, -0.1) is 0 Å². The third-order valence-corrected chi connectivity index (χ3v) is 5.32. The number of rotatable bonds is 17. The Morgan fingerprint density at radius 3 is 2.17 bits per heavy atom. The topological polar surface area (TPSA) is 82.5 Å². The van der Waals surface area contributed by atoms with Crippen LogP contribution in [0.2, 0.25) is 0 Å². The maximum Gasteiger partial charge on any atom is 0.220 e. The Kier molecular flexibility index (Phi) is 14.4. The lowest BCUT2D eigenvalue weighted by Crippen LogP contribution is -2.42. The van der Waals surface area contributed by atoms with Crippen LogP contribution in [0.4, 0.5) is 0 Å². The van der Waals surface area contributed by atoms with Crippen LogP contribution >= 0.6 is 0 Å². The average molecular weight is 407 g/mol. The summed E-state index contributed by atoms with van der Waals surface area (Å²) in [5.74, 6) is -0.160. The molecule has 1 heterocycles. The van der Waals surface area contributed by atoms with E-state index in [1.54, 1.807) is 6.07 Å². The number of amides is 1. The van der Waals surface area contributed by atoms with Crippen molar-refractivity contribution in [1.82, 2.24) is 10.3 Å². The molecular weight excluding hydrogens is 364 g/mol. The molecule has 1 aromatic rings. The zero-order valence-electron chi connectivity index (χ0n) is 18.5. The molecule has 1 amide bonds. The highest BCUT2D eigenvalue weighted by Crippen LogP contribution is 2.17. The second kappa shape index (κ2) is 16.3. The Balaban J connectivity index is 2.33. The number of carbonyl (C=O) groups excluding carboxylic acids is 1. The van der Waals surface area contributed by atoms with Gasteiger partial charge in [-0.05, 0) is 31.4 Å². The fraction of sp³-hybridized carbons (Fsp3) is 0.750. The molecule has 0 saturated heterocycles. The van der Waals surface area contributed by atoms with Gasteiger partial charge >= 0.3 is 0 Å². The van der Waals surface area contributed by atoms with Crippen LogP contribution in [0.1, 0.15) is 108 Å². The first-order valence-electron chi connectivity index (χ1n) is 11.7. The maximum absolute atomic E-state index is 11.8. The molecule has 0 aliphatic heterocycles. The summed E-state index contributed by atoms with van der Waals surface area (Å²) in [4.78, 5) is 16.3.